The van der Waals surface area contributed by atoms with Gasteiger partial charge in [-0.1, -0.05) is 27.2 Å². The molecule has 0 radical (unpaired) electrons. The van der Waals surface area contributed by atoms with Crippen LogP contribution < -0.4 is 5.73 Å². The van der Waals surface area contributed by atoms with Crippen LogP contribution in [0.25, 0.3) is 10.2 Å². The molecule has 0 aliphatic heterocycles. The van der Waals surface area contributed by atoms with Crippen molar-refractivity contribution in [2.24, 2.45) is 11.3 Å². The maximum atomic E-state index is 9.13. The van der Waals surface area contributed by atoms with Gasteiger partial charge in [0.1, 0.15) is 15.8 Å². The summed E-state index contributed by atoms with van der Waals surface area (Å²) < 4.78 is 0. The molecule has 2 aromatic heterocycles. The Morgan fingerprint density at radius 1 is 1.41 bits per heavy atom. The lowest BCUT2D eigenvalue weighted by Gasteiger charge is -2.32. The minimum Gasteiger partial charge on any atom is -0.396 e. The molecule has 3 nitrogen and oxygen atoms in total. The lowest BCUT2D eigenvalue weighted by atomic mass is 9.73. The minimum absolute atomic E-state index is 0.395. The van der Waals surface area contributed by atoms with Crippen molar-refractivity contribution in [3.63, 3.8) is 0 Å². The Hall–Kier alpha value is -1.60. The summed E-state index contributed by atoms with van der Waals surface area (Å²) in [5, 5.41) is 10.1. The van der Waals surface area contributed by atoms with Gasteiger partial charge in [-0.3, -0.25) is 0 Å². The molecular formula is C18H23N3S. The number of nitriles is 1. The van der Waals surface area contributed by atoms with Crippen molar-refractivity contribution >= 4 is 27.2 Å². The number of anilines is 1. The Morgan fingerprint density at radius 2 is 2.14 bits per heavy atom. The number of aromatic nitrogens is 1. The van der Waals surface area contributed by atoms with Crippen molar-refractivity contribution in [3.8, 4) is 6.07 Å². The summed E-state index contributed by atoms with van der Waals surface area (Å²) in [6, 6.07) is 4.36. The Labute approximate surface area is 136 Å². The molecule has 0 spiro atoms. The number of nitrogens with zero attached hydrogens (tertiary/aromatic N) is 2. The monoisotopic (exact) mass is 313 g/mol. The molecule has 0 aromatic carbocycles. The summed E-state index contributed by atoms with van der Waals surface area (Å²) in [5.74, 6) is 0.747. The molecule has 0 amide bonds. The first kappa shape index (κ1) is 15.3. The largest absolute Gasteiger partial charge is 0.396 e. The fraction of sp³-hybridized carbons (Fsp3) is 0.556. The maximum absolute atomic E-state index is 9.13. The second kappa shape index (κ2) is 5.55. The summed E-state index contributed by atoms with van der Waals surface area (Å²) in [6.45, 7) is 7.06. The first-order valence-electron chi connectivity index (χ1n) is 8.07. The first-order valence-corrected chi connectivity index (χ1v) is 8.88. The molecular weight excluding hydrogens is 290 g/mol. The number of hydrogen-bond acceptors (Lipinski definition) is 4. The Morgan fingerprint density at radius 3 is 2.82 bits per heavy atom. The van der Waals surface area contributed by atoms with Crippen LogP contribution in [0.3, 0.4) is 0 Å². The predicted octanol–water partition coefficient (Wildman–Crippen LogP) is 4.68. The third-order valence-electron chi connectivity index (χ3n) is 5.50. The smallest absolute Gasteiger partial charge is 0.130 e. The zero-order valence-corrected chi connectivity index (χ0v) is 14.4. The zero-order chi connectivity index (χ0) is 15.9. The van der Waals surface area contributed by atoms with Gasteiger partial charge in [-0.05, 0) is 48.6 Å². The molecule has 116 valence electrons. The van der Waals surface area contributed by atoms with Gasteiger partial charge in [0.25, 0.3) is 0 Å². The topological polar surface area (TPSA) is 62.7 Å². The van der Waals surface area contributed by atoms with Gasteiger partial charge >= 0.3 is 0 Å². The van der Waals surface area contributed by atoms with Crippen LogP contribution in [0.15, 0.2) is 6.07 Å². The summed E-state index contributed by atoms with van der Waals surface area (Å²) in [5.41, 5.74) is 9.63. The zero-order valence-electron chi connectivity index (χ0n) is 13.6. The van der Waals surface area contributed by atoms with Gasteiger partial charge in [0, 0.05) is 11.1 Å². The second-order valence-electron chi connectivity index (χ2n) is 7.02. The molecule has 0 saturated heterocycles. The lowest BCUT2D eigenvalue weighted by molar-refractivity contribution is 0.183. The first-order chi connectivity index (χ1) is 10.5. The van der Waals surface area contributed by atoms with Crippen molar-refractivity contribution in [3.05, 3.63) is 22.2 Å². The van der Waals surface area contributed by atoms with Crippen molar-refractivity contribution in [1.29, 1.82) is 5.26 Å². The summed E-state index contributed by atoms with van der Waals surface area (Å²) in [6.07, 6.45) is 5.76. The lowest BCUT2D eigenvalue weighted by Crippen LogP contribution is -2.23. The molecule has 4 heteroatoms. The van der Waals surface area contributed by atoms with E-state index in [0.717, 1.165) is 29.0 Å². The second-order valence-corrected chi connectivity index (χ2v) is 8.02. The van der Waals surface area contributed by atoms with Gasteiger partial charge in [0.05, 0.1) is 5.69 Å². The highest BCUT2D eigenvalue weighted by molar-refractivity contribution is 7.19. The maximum Gasteiger partial charge on any atom is 0.130 e. The highest BCUT2D eigenvalue weighted by Gasteiger charge is 2.30. The number of rotatable bonds is 2. The molecule has 1 atom stereocenters. The summed E-state index contributed by atoms with van der Waals surface area (Å²) in [4.78, 5) is 6.34. The fourth-order valence-corrected chi connectivity index (χ4v) is 4.38. The van der Waals surface area contributed by atoms with E-state index < -0.39 is 0 Å². The number of hydrogen-bond donors (Lipinski definition) is 1. The van der Waals surface area contributed by atoms with E-state index in [-0.39, 0.29) is 0 Å². The molecule has 22 heavy (non-hydrogen) atoms. The third-order valence-corrected chi connectivity index (χ3v) is 6.52. The average molecular weight is 313 g/mol. The van der Waals surface area contributed by atoms with Crippen LogP contribution in [0.2, 0.25) is 0 Å². The summed E-state index contributed by atoms with van der Waals surface area (Å²) in [7, 11) is 0. The number of pyridine rings is 1. The van der Waals surface area contributed by atoms with Gasteiger partial charge in [-0.25, -0.2) is 4.98 Å². The van der Waals surface area contributed by atoms with E-state index in [1.54, 1.807) is 0 Å². The van der Waals surface area contributed by atoms with Crippen LogP contribution in [0.5, 0.6) is 0 Å². The predicted molar refractivity (Wildman–Crippen MR) is 93.0 cm³/mol. The SMILES string of the molecule is CCC(C)(C)C1CCc2cc3c(N)c(C#N)sc3nc2CC1. The Bertz CT molecular complexity index is 752. The van der Waals surface area contributed by atoms with Crippen LogP contribution in [-0.4, -0.2) is 4.98 Å². The molecule has 3 rings (SSSR count). The van der Waals surface area contributed by atoms with Gasteiger partial charge in [-0.2, -0.15) is 5.26 Å². The fourth-order valence-electron chi connectivity index (χ4n) is 3.49. The molecule has 2 aromatic rings. The number of aryl methyl sites for hydroxylation is 2. The van der Waals surface area contributed by atoms with Gasteiger partial charge in [0.15, 0.2) is 0 Å². The van der Waals surface area contributed by atoms with Crippen LogP contribution >= 0.6 is 11.3 Å². The highest BCUT2D eigenvalue weighted by Crippen LogP contribution is 2.40. The van der Waals surface area contributed by atoms with Crippen molar-refractivity contribution in [1.82, 2.24) is 4.98 Å². The normalized spacial score (nSPS) is 18.7. The van der Waals surface area contributed by atoms with Crippen LogP contribution in [0.1, 0.15) is 56.2 Å². The molecule has 0 fully saturated rings. The molecule has 1 aliphatic carbocycles. The van der Waals surface area contributed by atoms with Crippen LogP contribution in [0.4, 0.5) is 5.69 Å². The number of fused-ring (bicyclic) bond motifs is 2. The van der Waals surface area contributed by atoms with Crippen LogP contribution in [0, 0.1) is 22.7 Å². The molecule has 0 saturated carbocycles. The Balaban J connectivity index is 1.97. The molecule has 2 N–H and O–H groups in total. The van der Waals surface area contributed by atoms with Gasteiger partial charge in [-0.15, -0.1) is 11.3 Å². The quantitative estimate of drug-likeness (QED) is 0.819. The minimum atomic E-state index is 0.395. The van der Waals surface area contributed by atoms with E-state index in [4.69, 9.17) is 16.0 Å². The van der Waals surface area contributed by atoms with Crippen molar-refractivity contribution in [2.75, 3.05) is 5.73 Å². The number of nitrogen functional groups attached to an aromatic ring is 1. The molecule has 0 bridgehead atoms. The van der Waals surface area contributed by atoms with E-state index in [9.17, 15) is 0 Å². The van der Waals surface area contributed by atoms with E-state index in [1.807, 2.05) is 0 Å². The van der Waals surface area contributed by atoms with Gasteiger partial charge < -0.3 is 5.73 Å². The van der Waals surface area contributed by atoms with Crippen LogP contribution in [-0.2, 0) is 12.8 Å². The average Bonchev–Trinajstić information content (AvgIpc) is 2.69. The highest BCUT2D eigenvalue weighted by atomic mass is 32.1. The van der Waals surface area contributed by atoms with Crippen molar-refractivity contribution in [2.45, 2.75) is 52.9 Å². The Kier molecular flexibility index (Phi) is 3.86. The van der Waals surface area contributed by atoms with Crippen molar-refractivity contribution < 1.29 is 0 Å². The standard InChI is InChI=1S/C18H23N3S/c1-4-18(2,3)12-6-5-11-9-13-16(20)15(10-19)22-17(13)21-14(11)8-7-12/h9,12H,4-8,20H2,1-3H3. The third kappa shape index (κ3) is 2.48. The summed E-state index contributed by atoms with van der Waals surface area (Å²) >= 11 is 1.42. The van der Waals surface area contributed by atoms with E-state index in [1.165, 1.54) is 41.9 Å². The number of thiophene rings is 1. The molecule has 1 aliphatic rings. The van der Waals surface area contributed by atoms with E-state index in [0.29, 0.717) is 16.0 Å². The number of nitrogens with two attached hydrogens (primary N) is 1. The van der Waals surface area contributed by atoms with E-state index >= 15 is 0 Å². The van der Waals surface area contributed by atoms with E-state index in [2.05, 4.69) is 32.9 Å². The van der Waals surface area contributed by atoms with Gasteiger partial charge in [0.2, 0.25) is 0 Å². The molecule has 2 heterocycles. The molecule has 1 unspecified atom stereocenters.